The molecule has 0 spiro atoms. The summed E-state index contributed by atoms with van der Waals surface area (Å²) < 4.78 is 12.0. The van der Waals surface area contributed by atoms with Crippen molar-refractivity contribution in [2.75, 3.05) is 0 Å². The molecule has 1 aromatic rings. The van der Waals surface area contributed by atoms with Gasteiger partial charge in [0.1, 0.15) is 11.9 Å². The molecular weight excluding hydrogens is 466 g/mol. The summed E-state index contributed by atoms with van der Waals surface area (Å²) in [6.07, 6.45) is 1.07. The van der Waals surface area contributed by atoms with E-state index in [-0.39, 0.29) is 36.8 Å². The van der Waals surface area contributed by atoms with Gasteiger partial charge < -0.3 is 19.7 Å². The van der Waals surface area contributed by atoms with E-state index in [0.29, 0.717) is 0 Å². The van der Waals surface area contributed by atoms with Crippen molar-refractivity contribution in [2.24, 2.45) is 17.3 Å². The number of Topliss-reactive ketones (excluding diaryl/α,β-unsaturated/α-hetero) is 1. The van der Waals surface area contributed by atoms with Gasteiger partial charge in [-0.3, -0.25) is 9.59 Å². The van der Waals surface area contributed by atoms with Gasteiger partial charge >= 0.3 is 5.97 Å². The largest absolute Gasteiger partial charge is 0.458 e. The molecule has 1 fully saturated rings. The Morgan fingerprint density at radius 1 is 1.20 bits per heavy atom. The number of esters is 1. The summed E-state index contributed by atoms with van der Waals surface area (Å²) >= 11 is 1.53. The van der Waals surface area contributed by atoms with E-state index in [1.165, 1.54) is 11.3 Å². The summed E-state index contributed by atoms with van der Waals surface area (Å²) in [5.74, 6) is -1.06. The Hall–Kier alpha value is -1.87. The summed E-state index contributed by atoms with van der Waals surface area (Å²) in [6, 6.07) is 0. The van der Waals surface area contributed by atoms with Crippen molar-refractivity contribution in [3.8, 4) is 0 Å². The van der Waals surface area contributed by atoms with E-state index in [1.807, 2.05) is 45.2 Å². The molecule has 35 heavy (non-hydrogen) atoms. The van der Waals surface area contributed by atoms with E-state index in [4.69, 9.17) is 9.47 Å². The molecule has 2 bridgehead atoms. The second-order valence-corrected chi connectivity index (χ2v) is 11.8. The van der Waals surface area contributed by atoms with Gasteiger partial charge in [-0.05, 0) is 50.3 Å². The van der Waals surface area contributed by atoms with E-state index in [0.717, 1.165) is 28.3 Å². The first-order valence-corrected chi connectivity index (χ1v) is 13.2. The molecule has 1 aromatic heterocycles. The molecule has 2 aliphatic rings. The highest BCUT2D eigenvalue weighted by molar-refractivity contribution is 7.09. The Morgan fingerprint density at radius 2 is 1.89 bits per heavy atom. The van der Waals surface area contributed by atoms with Gasteiger partial charge in [-0.25, -0.2) is 4.98 Å². The monoisotopic (exact) mass is 505 g/mol. The highest BCUT2D eigenvalue weighted by Crippen LogP contribution is 2.38. The molecule has 3 rings (SSSR count). The number of hydrogen-bond donors (Lipinski definition) is 2. The number of carbonyl (C=O) groups is 2. The van der Waals surface area contributed by atoms with Crippen LogP contribution >= 0.6 is 11.3 Å². The second-order valence-electron chi connectivity index (χ2n) is 10.8. The molecular formula is C27H39NO6S. The maximum absolute atomic E-state index is 13.4. The van der Waals surface area contributed by atoms with E-state index in [2.05, 4.69) is 11.9 Å². The number of ether oxygens (including phenoxy) is 2. The minimum atomic E-state index is -1.21. The first kappa shape index (κ1) is 27.7. The molecule has 3 heterocycles. The lowest BCUT2D eigenvalue weighted by Gasteiger charge is -2.34. The van der Waals surface area contributed by atoms with Crippen LogP contribution in [-0.2, 0) is 19.1 Å². The van der Waals surface area contributed by atoms with Crippen LogP contribution in [0.2, 0.25) is 0 Å². The van der Waals surface area contributed by atoms with Gasteiger partial charge in [-0.15, -0.1) is 11.3 Å². The Balaban J connectivity index is 1.95. The van der Waals surface area contributed by atoms with Crippen LogP contribution in [0.15, 0.2) is 22.6 Å². The first-order chi connectivity index (χ1) is 16.3. The molecule has 2 N–H and O–H groups in total. The van der Waals surface area contributed by atoms with Crippen LogP contribution in [0, 0.1) is 24.2 Å². The van der Waals surface area contributed by atoms with Gasteiger partial charge in [0.15, 0.2) is 0 Å². The number of cyclic esters (lactones) is 1. The van der Waals surface area contributed by atoms with Crippen LogP contribution in [0.3, 0.4) is 0 Å². The number of fused-ring (bicyclic) bond motifs is 2. The summed E-state index contributed by atoms with van der Waals surface area (Å²) in [5.41, 5.74) is 1.09. The molecule has 0 saturated carbocycles. The summed E-state index contributed by atoms with van der Waals surface area (Å²) in [7, 11) is 0. The molecule has 0 aliphatic carbocycles. The van der Waals surface area contributed by atoms with E-state index in [1.54, 1.807) is 13.8 Å². The third-order valence-electron chi connectivity index (χ3n) is 7.44. The summed E-state index contributed by atoms with van der Waals surface area (Å²) in [5, 5.41) is 24.7. The van der Waals surface area contributed by atoms with E-state index in [9.17, 15) is 19.8 Å². The molecule has 7 nitrogen and oxygen atoms in total. The van der Waals surface area contributed by atoms with Crippen LogP contribution in [0.4, 0.5) is 0 Å². The fraction of sp³-hybridized carbons (Fsp3) is 0.667. The molecule has 0 aromatic carbocycles. The molecule has 8 heteroatoms. The zero-order valence-corrected chi connectivity index (χ0v) is 22.6. The predicted molar refractivity (Wildman–Crippen MR) is 136 cm³/mol. The van der Waals surface area contributed by atoms with Crippen LogP contribution < -0.4 is 0 Å². The average Bonchev–Trinajstić information content (AvgIpc) is 3.35. The number of hydrogen-bond acceptors (Lipinski definition) is 8. The number of aryl methyl sites for hydroxylation is 1. The number of aliphatic hydroxyl groups is 2. The number of rotatable bonds is 2. The van der Waals surface area contributed by atoms with Crippen molar-refractivity contribution >= 4 is 29.2 Å². The molecule has 3 unspecified atom stereocenters. The minimum Gasteiger partial charge on any atom is -0.458 e. The van der Waals surface area contributed by atoms with Gasteiger partial charge in [-0.1, -0.05) is 33.8 Å². The number of aromatic nitrogens is 1. The lowest BCUT2D eigenvalue weighted by atomic mass is 9.73. The Kier molecular flexibility index (Phi) is 8.73. The summed E-state index contributed by atoms with van der Waals surface area (Å²) in [6.45, 7) is 12.8. The Morgan fingerprint density at radius 3 is 2.51 bits per heavy atom. The molecule has 1 saturated heterocycles. The quantitative estimate of drug-likeness (QED) is 0.457. The summed E-state index contributed by atoms with van der Waals surface area (Å²) in [4.78, 5) is 30.7. The van der Waals surface area contributed by atoms with Crippen LogP contribution in [-0.4, -0.2) is 57.5 Å². The lowest BCUT2D eigenvalue weighted by Crippen LogP contribution is -2.45. The molecule has 0 radical (unpaired) electrons. The number of carbonyl (C=O) groups excluding carboxylic acids is 2. The fourth-order valence-electron chi connectivity index (χ4n) is 5.02. The second kappa shape index (κ2) is 11.0. The first-order valence-electron chi connectivity index (χ1n) is 12.3. The smallest absolute Gasteiger partial charge is 0.309 e. The Labute approximate surface area is 212 Å². The van der Waals surface area contributed by atoms with Crippen molar-refractivity contribution in [2.45, 2.75) is 98.2 Å². The van der Waals surface area contributed by atoms with Crippen molar-refractivity contribution < 1.29 is 29.3 Å². The number of ketones is 1. The molecule has 2 aliphatic heterocycles. The third kappa shape index (κ3) is 6.47. The zero-order chi connectivity index (χ0) is 26.1. The highest BCUT2D eigenvalue weighted by atomic mass is 32.1. The van der Waals surface area contributed by atoms with Crippen LogP contribution in [0.5, 0.6) is 0 Å². The third-order valence-corrected chi connectivity index (χ3v) is 8.23. The number of aliphatic hydroxyl groups excluding tert-OH is 2. The van der Waals surface area contributed by atoms with Gasteiger partial charge in [0.05, 0.1) is 47.0 Å². The maximum Gasteiger partial charge on any atom is 0.309 e. The van der Waals surface area contributed by atoms with Crippen molar-refractivity contribution in [1.29, 1.82) is 0 Å². The highest BCUT2D eigenvalue weighted by Gasteiger charge is 2.45. The van der Waals surface area contributed by atoms with E-state index < -0.39 is 35.6 Å². The van der Waals surface area contributed by atoms with Crippen molar-refractivity contribution in [3.63, 3.8) is 0 Å². The van der Waals surface area contributed by atoms with Gasteiger partial charge in [0.2, 0.25) is 0 Å². The standard InChI is InChI=1S/C27H39NO6S/c1-14-9-20-10-16(3)25(33-20)17(4)26(32)27(6,7)23(30)12-24(31)34-22(11-21(14)29)15(2)8-19-13-35-18(5)28-19/h8-9,13,16-17,20-23,25,29-30H,10-12H2,1-7H3/b14-9-,15-8+/t16-,17+,20?,21?,22-,23-,25?/m0/s1. The van der Waals surface area contributed by atoms with Gasteiger partial charge in [0, 0.05) is 17.7 Å². The van der Waals surface area contributed by atoms with Gasteiger partial charge in [-0.2, -0.15) is 0 Å². The molecule has 7 atom stereocenters. The SMILES string of the molecule is C/C1=C/C2C[C@H](C)C(O2)[C@@H](C)C(=O)C(C)(C)[C@@H](O)CC(=O)O[C@H](/C(C)=C/c2csc(C)n2)CC1O. The number of nitrogens with zero attached hydrogens (tertiary/aromatic N) is 1. The van der Waals surface area contributed by atoms with Crippen molar-refractivity contribution in [3.05, 3.63) is 33.3 Å². The number of thiazole rings is 1. The normalized spacial score (nSPS) is 36.7. The van der Waals surface area contributed by atoms with Crippen LogP contribution in [0.1, 0.15) is 71.5 Å². The zero-order valence-electron chi connectivity index (χ0n) is 21.8. The Bertz CT molecular complexity index is 996. The molecule has 194 valence electrons. The van der Waals surface area contributed by atoms with Gasteiger partial charge in [0.25, 0.3) is 0 Å². The molecule has 0 amide bonds. The lowest BCUT2D eigenvalue weighted by molar-refractivity contribution is -0.155. The van der Waals surface area contributed by atoms with Crippen molar-refractivity contribution in [1.82, 2.24) is 4.98 Å². The fourth-order valence-corrected chi connectivity index (χ4v) is 5.59. The van der Waals surface area contributed by atoms with Crippen LogP contribution in [0.25, 0.3) is 6.08 Å². The maximum atomic E-state index is 13.4. The average molecular weight is 506 g/mol. The van der Waals surface area contributed by atoms with E-state index >= 15 is 0 Å². The topological polar surface area (TPSA) is 106 Å². The predicted octanol–water partition coefficient (Wildman–Crippen LogP) is 4.25. The minimum absolute atomic E-state index is 0.141.